The van der Waals surface area contributed by atoms with Crippen LogP contribution in [0.4, 0.5) is 0 Å². The molecule has 1 rings (SSSR count). The first-order valence-corrected chi connectivity index (χ1v) is 4.95. The fourth-order valence-corrected chi connectivity index (χ4v) is 1.17. The third kappa shape index (κ3) is 1.81. The van der Waals surface area contributed by atoms with Crippen LogP contribution in [0, 0.1) is 0 Å². The van der Waals surface area contributed by atoms with Gasteiger partial charge in [0.2, 0.25) is 0 Å². The molecule has 0 fully saturated rings. The molecular formula is C5H5BrN2S2. The highest BCUT2D eigenvalue weighted by Crippen LogP contribution is 2.09. The van der Waals surface area contributed by atoms with Crippen molar-refractivity contribution in [3.63, 3.8) is 0 Å². The zero-order chi connectivity index (χ0) is 7.56. The van der Waals surface area contributed by atoms with E-state index >= 15 is 0 Å². The molecule has 0 spiro atoms. The summed E-state index contributed by atoms with van der Waals surface area (Å²) in [4.78, 5) is 0. The summed E-state index contributed by atoms with van der Waals surface area (Å²) in [5.41, 5.74) is 0. The second-order valence-electron chi connectivity index (χ2n) is 1.57. The standard InChI is InChI=1S/C5H5BrN2S2/c1-10-5(9)8-3-4(6)2-7-8/h2-3H,1H3. The van der Waals surface area contributed by atoms with Gasteiger partial charge in [-0.2, -0.15) is 5.10 Å². The van der Waals surface area contributed by atoms with Gasteiger partial charge in [-0.1, -0.05) is 24.0 Å². The summed E-state index contributed by atoms with van der Waals surface area (Å²) < 4.78 is 3.36. The molecule has 1 aromatic heterocycles. The summed E-state index contributed by atoms with van der Waals surface area (Å²) in [7, 11) is 0. The summed E-state index contributed by atoms with van der Waals surface area (Å²) in [5.74, 6) is 0. The normalized spacial score (nSPS) is 9.80. The monoisotopic (exact) mass is 236 g/mol. The van der Waals surface area contributed by atoms with Gasteiger partial charge in [0.25, 0.3) is 0 Å². The topological polar surface area (TPSA) is 17.8 Å². The molecule has 0 N–H and O–H groups in total. The number of halogens is 1. The van der Waals surface area contributed by atoms with E-state index in [2.05, 4.69) is 21.0 Å². The summed E-state index contributed by atoms with van der Waals surface area (Å²) in [6, 6.07) is 0. The van der Waals surface area contributed by atoms with Gasteiger partial charge in [0.15, 0.2) is 4.32 Å². The molecule has 1 heterocycles. The van der Waals surface area contributed by atoms with Crippen LogP contribution >= 0.6 is 39.9 Å². The Kier molecular flexibility index (Phi) is 2.88. The third-order valence-electron chi connectivity index (χ3n) is 0.913. The van der Waals surface area contributed by atoms with Gasteiger partial charge in [-0.3, -0.25) is 0 Å². The molecule has 0 unspecified atom stereocenters. The lowest BCUT2D eigenvalue weighted by Gasteiger charge is -1.95. The molecule has 0 atom stereocenters. The lowest BCUT2D eigenvalue weighted by atomic mass is 10.8. The van der Waals surface area contributed by atoms with E-state index in [1.807, 2.05) is 12.5 Å². The van der Waals surface area contributed by atoms with Crippen molar-refractivity contribution in [3.05, 3.63) is 16.9 Å². The van der Waals surface area contributed by atoms with Crippen LogP contribution in [0.3, 0.4) is 0 Å². The molecular weight excluding hydrogens is 232 g/mol. The van der Waals surface area contributed by atoms with E-state index in [4.69, 9.17) is 12.2 Å². The number of aromatic nitrogens is 2. The van der Waals surface area contributed by atoms with Crippen molar-refractivity contribution in [2.24, 2.45) is 0 Å². The second kappa shape index (κ2) is 3.50. The Morgan fingerprint density at radius 1 is 1.90 bits per heavy atom. The quantitative estimate of drug-likeness (QED) is 0.644. The third-order valence-corrected chi connectivity index (χ3v) is 2.55. The average Bonchev–Trinajstić information content (AvgIpc) is 2.34. The zero-order valence-electron chi connectivity index (χ0n) is 5.24. The number of nitrogens with zero attached hydrogens (tertiary/aromatic N) is 2. The molecule has 0 amide bonds. The van der Waals surface area contributed by atoms with Gasteiger partial charge in [0.05, 0.1) is 10.7 Å². The maximum absolute atomic E-state index is 4.98. The molecule has 0 radical (unpaired) electrons. The van der Waals surface area contributed by atoms with E-state index in [0.29, 0.717) is 0 Å². The van der Waals surface area contributed by atoms with Gasteiger partial charge in [0.1, 0.15) is 0 Å². The Balaban J connectivity index is 2.85. The average molecular weight is 237 g/mol. The fourth-order valence-electron chi connectivity index (χ4n) is 0.494. The van der Waals surface area contributed by atoms with E-state index in [9.17, 15) is 0 Å². The van der Waals surface area contributed by atoms with Crippen molar-refractivity contribution in [1.29, 1.82) is 0 Å². The molecule has 10 heavy (non-hydrogen) atoms. The molecule has 0 saturated carbocycles. The Labute approximate surface area is 77.1 Å². The highest BCUT2D eigenvalue weighted by Gasteiger charge is 1.98. The Bertz CT molecular complexity index is 246. The summed E-state index contributed by atoms with van der Waals surface area (Å²) in [5, 5.41) is 3.99. The van der Waals surface area contributed by atoms with Crippen LogP contribution in [-0.2, 0) is 0 Å². The second-order valence-corrected chi connectivity index (χ2v) is 3.93. The smallest absolute Gasteiger partial charge is 0.160 e. The van der Waals surface area contributed by atoms with Crippen LogP contribution in [0.2, 0.25) is 0 Å². The molecule has 0 aliphatic rings. The molecule has 5 heteroatoms. The van der Waals surface area contributed by atoms with Crippen LogP contribution < -0.4 is 0 Å². The van der Waals surface area contributed by atoms with E-state index in [1.54, 1.807) is 10.9 Å². The van der Waals surface area contributed by atoms with Gasteiger partial charge < -0.3 is 0 Å². The Morgan fingerprint density at radius 2 is 2.60 bits per heavy atom. The van der Waals surface area contributed by atoms with Gasteiger partial charge in [-0.15, -0.1) is 0 Å². The van der Waals surface area contributed by atoms with E-state index < -0.39 is 0 Å². The van der Waals surface area contributed by atoms with Crippen molar-refractivity contribution < 1.29 is 0 Å². The van der Waals surface area contributed by atoms with E-state index in [1.165, 1.54) is 11.8 Å². The first-order valence-electron chi connectivity index (χ1n) is 2.52. The predicted molar refractivity (Wildman–Crippen MR) is 51.4 cm³/mol. The van der Waals surface area contributed by atoms with Gasteiger partial charge >= 0.3 is 0 Å². The Morgan fingerprint density at radius 3 is 3.00 bits per heavy atom. The maximum Gasteiger partial charge on any atom is 0.160 e. The summed E-state index contributed by atoms with van der Waals surface area (Å²) in [6.07, 6.45) is 5.47. The number of thiocarbonyl (C=S) groups is 1. The predicted octanol–water partition coefficient (Wildman–Crippen LogP) is 2.14. The zero-order valence-corrected chi connectivity index (χ0v) is 8.46. The van der Waals surface area contributed by atoms with Gasteiger partial charge in [-0.05, 0) is 22.2 Å². The van der Waals surface area contributed by atoms with Crippen LogP contribution in [0.15, 0.2) is 16.9 Å². The summed E-state index contributed by atoms with van der Waals surface area (Å²) in [6.45, 7) is 0. The number of hydrogen-bond acceptors (Lipinski definition) is 3. The molecule has 2 nitrogen and oxygen atoms in total. The molecule has 0 aliphatic carbocycles. The minimum atomic E-state index is 0.755. The molecule has 54 valence electrons. The molecule has 0 bridgehead atoms. The first-order chi connectivity index (χ1) is 4.74. The minimum absolute atomic E-state index is 0.755. The van der Waals surface area contributed by atoms with Crippen LogP contribution in [0.5, 0.6) is 0 Å². The fraction of sp³-hybridized carbons (Fsp3) is 0.200. The van der Waals surface area contributed by atoms with E-state index in [0.717, 1.165) is 8.79 Å². The highest BCUT2D eigenvalue weighted by atomic mass is 79.9. The maximum atomic E-state index is 4.98. The lowest BCUT2D eigenvalue weighted by molar-refractivity contribution is 0.964. The summed E-state index contributed by atoms with van der Waals surface area (Å²) >= 11 is 9.76. The van der Waals surface area contributed by atoms with Crippen molar-refractivity contribution >= 4 is 44.2 Å². The molecule has 0 saturated heterocycles. The Hall–Kier alpha value is 0.130. The highest BCUT2D eigenvalue weighted by molar-refractivity contribution is 9.10. The van der Waals surface area contributed by atoms with Crippen molar-refractivity contribution in [1.82, 2.24) is 9.78 Å². The van der Waals surface area contributed by atoms with E-state index in [-0.39, 0.29) is 0 Å². The van der Waals surface area contributed by atoms with Crippen molar-refractivity contribution in [2.75, 3.05) is 6.26 Å². The lowest BCUT2D eigenvalue weighted by Crippen LogP contribution is -2.03. The number of hydrogen-bond donors (Lipinski definition) is 0. The number of thioether (sulfide) groups is 1. The SMILES string of the molecule is CSC(=S)n1cc(Br)cn1. The van der Waals surface area contributed by atoms with Crippen LogP contribution in [0.1, 0.15) is 0 Å². The molecule has 0 aliphatic heterocycles. The van der Waals surface area contributed by atoms with Gasteiger partial charge in [-0.25, -0.2) is 4.68 Å². The number of rotatable bonds is 0. The van der Waals surface area contributed by atoms with Crippen LogP contribution in [0.25, 0.3) is 0 Å². The minimum Gasteiger partial charge on any atom is -0.222 e. The van der Waals surface area contributed by atoms with Crippen LogP contribution in [-0.4, -0.2) is 20.4 Å². The first kappa shape index (κ1) is 8.23. The molecule has 1 aromatic rings. The van der Waals surface area contributed by atoms with Crippen molar-refractivity contribution in [2.45, 2.75) is 0 Å². The largest absolute Gasteiger partial charge is 0.222 e. The van der Waals surface area contributed by atoms with Gasteiger partial charge in [0, 0.05) is 6.20 Å². The van der Waals surface area contributed by atoms with Crippen molar-refractivity contribution in [3.8, 4) is 0 Å². The molecule has 0 aromatic carbocycles.